The molecule has 0 fully saturated rings. The van der Waals surface area contributed by atoms with Crippen molar-refractivity contribution in [1.82, 2.24) is 0 Å². The topological polar surface area (TPSA) is 0 Å². The van der Waals surface area contributed by atoms with E-state index in [0.717, 1.165) is 0 Å². The van der Waals surface area contributed by atoms with Crippen LogP contribution in [-0.4, -0.2) is 29.2 Å². The van der Waals surface area contributed by atoms with E-state index in [0.29, 0.717) is 0 Å². The van der Waals surface area contributed by atoms with Gasteiger partial charge in [0.1, 0.15) is 6.15 Å². The number of hydrogen-bond acceptors (Lipinski definition) is 0. The van der Waals surface area contributed by atoms with Gasteiger partial charge in [-0.1, -0.05) is 48.5 Å². The quantitative estimate of drug-likeness (QED) is 0.111. The third kappa shape index (κ3) is 11.2. The maximum absolute atomic E-state index is 14.2. The third-order valence-corrected chi connectivity index (χ3v) is 8.44. The van der Waals surface area contributed by atoms with Gasteiger partial charge in [-0.3, -0.25) is 0 Å². The molecule has 59 heavy (non-hydrogen) atoms. The van der Waals surface area contributed by atoms with Crippen LogP contribution in [0.4, 0.5) is 105 Å². The van der Waals surface area contributed by atoms with E-state index in [-0.39, 0.29) is 47.0 Å². The summed E-state index contributed by atoms with van der Waals surface area (Å²) in [5.41, 5.74) is -30.2. The standard InChI is InChI=1S/C32H12BF24.HI.Mg/c34-25(35,36)13-1-14(26(37,38)39)6-21(5-13)33(22-7-15(27(40,41)42)2-16(8-22)28(43,44)45,23-9-17(29(46,47)48)3-18(10-23)30(49,50)51)24-11-19(31(52,53)54)4-20(12-24)32(55,56)57;;/h1-12H;1H;/q-1;;+2/p-1. The Balaban J connectivity index is 0.00000600. The zero-order chi connectivity index (χ0) is 43.9. The molecule has 4 aromatic carbocycles. The predicted octanol–water partition coefficient (Wildman–Crippen LogP) is 7.84. The van der Waals surface area contributed by atoms with Gasteiger partial charge in [-0.2, -0.15) is 127 Å². The van der Waals surface area contributed by atoms with E-state index in [1.807, 2.05) is 0 Å². The average molecular weight is 1010 g/mol. The summed E-state index contributed by atoms with van der Waals surface area (Å²) >= 11 is 0. The van der Waals surface area contributed by atoms with Crippen LogP contribution in [0.2, 0.25) is 0 Å². The second-order valence-electron chi connectivity index (χ2n) is 12.2. The summed E-state index contributed by atoms with van der Waals surface area (Å²) in [6, 6.07) is -8.81. The number of hydrogen-bond donors (Lipinski definition) is 0. The zero-order valence-electron chi connectivity index (χ0n) is 27.7. The molecular formula is C32H12BF24IMg. The van der Waals surface area contributed by atoms with Crippen LogP contribution in [0.3, 0.4) is 0 Å². The maximum Gasteiger partial charge on any atom is 2.00 e. The Morgan fingerprint density at radius 1 is 0.220 bits per heavy atom. The number of halogens is 25. The SMILES string of the molecule is FC(F)(F)c1cc([B-](c2cc(C(F)(F)F)cc(C(F)(F)F)c2)(c2cc(C(F)(F)F)cc(C(F)(F)F)c2)c2cc(C(F)(F)F)cc(C(F)(F)F)c2)cc(C(F)(F)F)c1.[I-].[Mg+2]. The van der Waals surface area contributed by atoms with Gasteiger partial charge in [0.2, 0.25) is 0 Å². The minimum atomic E-state index is -6.13. The van der Waals surface area contributed by atoms with Crippen molar-refractivity contribution in [2.45, 2.75) is 49.4 Å². The van der Waals surface area contributed by atoms with E-state index in [9.17, 15) is 105 Å². The van der Waals surface area contributed by atoms with Gasteiger partial charge in [-0.05, 0) is 24.3 Å². The number of benzene rings is 4. The van der Waals surface area contributed by atoms with Crippen LogP contribution in [0.15, 0.2) is 72.8 Å². The number of rotatable bonds is 4. The molecule has 0 amide bonds. The average Bonchev–Trinajstić information content (AvgIpc) is 3.01. The fourth-order valence-electron chi connectivity index (χ4n) is 6.07. The van der Waals surface area contributed by atoms with Crippen molar-refractivity contribution in [3.8, 4) is 0 Å². The number of alkyl halides is 24. The van der Waals surface area contributed by atoms with Crippen LogP contribution in [0, 0.1) is 0 Å². The van der Waals surface area contributed by atoms with E-state index in [1.165, 1.54) is 0 Å². The van der Waals surface area contributed by atoms with Crippen LogP contribution in [-0.2, 0) is 49.4 Å². The molecule has 4 rings (SSSR count). The summed E-state index contributed by atoms with van der Waals surface area (Å²) < 4.78 is 341. The minimum absolute atomic E-state index is 0. The Labute approximate surface area is 346 Å². The summed E-state index contributed by atoms with van der Waals surface area (Å²) in [4.78, 5) is 0. The molecule has 0 saturated heterocycles. The monoisotopic (exact) mass is 1010 g/mol. The smallest absolute Gasteiger partial charge is 1.00 e. The molecule has 0 aliphatic rings. The van der Waals surface area contributed by atoms with E-state index in [1.54, 1.807) is 0 Å². The molecule has 0 nitrogen and oxygen atoms in total. The van der Waals surface area contributed by atoms with E-state index in [4.69, 9.17) is 0 Å². The van der Waals surface area contributed by atoms with Crippen LogP contribution >= 0.6 is 0 Å². The minimum Gasteiger partial charge on any atom is -1.00 e. The zero-order valence-corrected chi connectivity index (χ0v) is 31.2. The van der Waals surface area contributed by atoms with Gasteiger partial charge in [-0.25, -0.2) is 0 Å². The van der Waals surface area contributed by atoms with Gasteiger partial charge in [0, 0.05) is 0 Å². The fraction of sp³-hybridized carbons (Fsp3) is 0.250. The molecule has 0 aromatic heterocycles. The molecule has 0 unspecified atom stereocenters. The van der Waals surface area contributed by atoms with Crippen molar-refractivity contribution in [3.63, 3.8) is 0 Å². The molecule has 0 aliphatic heterocycles. The molecule has 0 heterocycles. The molecule has 320 valence electrons. The Kier molecular flexibility index (Phi) is 14.3. The second-order valence-corrected chi connectivity index (χ2v) is 12.2. The van der Waals surface area contributed by atoms with Crippen LogP contribution in [0.5, 0.6) is 0 Å². The second kappa shape index (κ2) is 16.2. The molecule has 0 spiro atoms. The predicted molar refractivity (Wildman–Crippen MR) is 156 cm³/mol. The molecule has 0 radical (unpaired) electrons. The maximum atomic E-state index is 14.2. The Bertz CT molecular complexity index is 1710. The van der Waals surface area contributed by atoms with Gasteiger partial charge < -0.3 is 24.0 Å². The van der Waals surface area contributed by atoms with Crippen molar-refractivity contribution < 1.29 is 129 Å². The van der Waals surface area contributed by atoms with E-state index in [2.05, 4.69) is 0 Å². The molecule has 4 aromatic rings. The first kappa shape index (κ1) is 51.9. The van der Waals surface area contributed by atoms with Crippen molar-refractivity contribution in [2.24, 2.45) is 0 Å². The normalized spacial score (nSPS) is 13.8. The summed E-state index contributed by atoms with van der Waals surface area (Å²) in [5, 5.41) is 0. The third-order valence-electron chi connectivity index (χ3n) is 8.44. The summed E-state index contributed by atoms with van der Waals surface area (Å²) in [7, 11) is 0. The first-order chi connectivity index (χ1) is 25.3. The molecule has 0 saturated carbocycles. The molecule has 0 N–H and O–H groups in total. The van der Waals surface area contributed by atoms with Gasteiger partial charge in [-0.15, -0.1) is 0 Å². The van der Waals surface area contributed by atoms with Crippen LogP contribution in [0.1, 0.15) is 44.5 Å². The molecule has 0 atom stereocenters. The van der Waals surface area contributed by atoms with Gasteiger partial charge in [0.05, 0.1) is 44.5 Å². The summed E-state index contributed by atoms with van der Waals surface area (Å²) in [6.45, 7) is 0. The van der Waals surface area contributed by atoms with Gasteiger partial charge >= 0.3 is 72.5 Å². The van der Waals surface area contributed by atoms with E-state index < -0.39 is 195 Å². The van der Waals surface area contributed by atoms with Crippen LogP contribution in [0.25, 0.3) is 0 Å². The molecule has 27 heteroatoms. The van der Waals surface area contributed by atoms with Crippen molar-refractivity contribution in [1.29, 1.82) is 0 Å². The van der Waals surface area contributed by atoms with Gasteiger partial charge in [0.25, 0.3) is 0 Å². The van der Waals surface area contributed by atoms with Crippen molar-refractivity contribution in [2.75, 3.05) is 0 Å². The summed E-state index contributed by atoms with van der Waals surface area (Å²) in [6.07, 6.45) is -54.8. The largest absolute Gasteiger partial charge is 2.00 e. The van der Waals surface area contributed by atoms with Crippen molar-refractivity contribution in [3.05, 3.63) is 117 Å². The Morgan fingerprint density at radius 3 is 0.407 bits per heavy atom. The van der Waals surface area contributed by atoms with Gasteiger partial charge in [0.15, 0.2) is 0 Å². The fourth-order valence-corrected chi connectivity index (χ4v) is 6.07. The Hall–Kier alpha value is -3.24. The summed E-state index contributed by atoms with van der Waals surface area (Å²) in [5.74, 6) is 0. The first-order valence-corrected chi connectivity index (χ1v) is 14.6. The Morgan fingerprint density at radius 2 is 0.322 bits per heavy atom. The molecule has 0 aliphatic carbocycles. The van der Waals surface area contributed by atoms with Crippen LogP contribution < -0.4 is 45.8 Å². The molecular weight excluding hydrogens is 1000 g/mol. The van der Waals surface area contributed by atoms with E-state index >= 15 is 0 Å². The molecule has 0 bridgehead atoms. The first-order valence-electron chi connectivity index (χ1n) is 14.6. The van der Waals surface area contributed by atoms with Crippen molar-refractivity contribution >= 4 is 51.0 Å².